The third-order valence-electron chi connectivity index (χ3n) is 3.70. The lowest BCUT2D eigenvalue weighted by molar-refractivity contribution is -0.113. The van der Waals surface area contributed by atoms with Crippen molar-refractivity contribution >= 4 is 52.2 Å². The molecule has 2 heterocycles. The zero-order valence-electron chi connectivity index (χ0n) is 14.5. The van der Waals surface area contributed by atoms with Crippen LogP contribution in [0.15, 0.2) is 0 Å². The Morgan fingerprint density at radius 1 is 1.33 bits per heavy atom. The number of thiophene rings is 1. The van der Waals surface area contributed by atoms with Crippen LogP contribution in [0.1, 0.15) is 55.4 Å². The Balaban J connectivity index is 0.00000288. The molecule has 1 aliphatic rings. The lowest BCUT2D eigenvalue weighted by Gasteiger charge is -2.42. The van der Waals surface area contributed by atoms with Crippen molar-refractivity contribution in [3.63, 3.8) is 0 Å². The molecule has 0 atom stereocenters. The quantitative estimate of drug-likeness (QED) is 0.603. The molecule has 0 unspecified atom stereocenters. The summed E-state index contributed by atoms with van der Waals surface area (Å²) in [6.07, 6.45) is 0.688. The van der Waals surface area contributed by atoms with Gasteiger partial charge in [0.2, 0.25) is 5.91 Å². The third-order valence-corrected chi connectivity index (χ3v) is 5.41. The van der Waals surface area contributed by atoms with Crippen LogP contribution < -0.4 is 10.6 Å². The molecule has 0 aliphatic carbocycles. The number of anilines is 1. The maximum atomic E-state index is 12.5. The van der Waals surface area contributed by atoms with Gasteiger partial charge in [0.15, 0.2) is 0 Å². The van der Waals surface area contributed by atoms with E-state index in [2.05, 4.69) is 38.3 Å². The largest absolute Gasteiger partial charge is 0.462 e. The first-order valence-corrected chi connectivity index (χ1v) is 8.95. The molecule has 0 fully saturated rings. The van der Waals surface area contributed by atoms with Gasteiger partial charge in [0, 0.05) is 16.0 Å². The summed E-state index contributed by atoms with van der Waals surface area (Å²) in [5.41, 5.74) is 0.958. The topological polar surface area (TPSA) is 67.4 Å². The number of amides is 1. The van der Waals surface area contributed by atoms with Gasteiger partial charge in [-0.1, -0.05) is 0 Å². The zero-order chi connectivity index (χ0) is 17.4. The first kappa shape index (κ1) is 21.2. The fraction of sp³-hybridized carbons (Fsp3) is 0.625. The Morgan fingerprint density at radius 2 is 1.96 bits per heavy atom. The molecular formula is C16H24Cl2N2O3S. The number of fused-ring (bicyclic) bond motifs is 1. The summed E-state index contributed by atoms with van der Waals surface area (Å²) in [4.78, 5) is 25.2. The number of carbonyl (C=O) groups excluding carboxylic acids is 2. The summed E-state index contributed by atoms with van der Waals surface area (Å²) in [6, 6.07) is 0. The van der Waals surface area contributed by atoms with Crippen LogP contribution in [0.5, 0.6) is 0 Å². The van der Waals surface area contributed by atoms with Crippen LogP contribution >= 0.6 is 35.3 Å². The van der Waals surface area contributed by atoms with E-state index in [-0.39, 0.29) is 41.9 Å². The van der Waals surface area contributed by atoms with Crippen molar-refractivity contribution in [2.24, 2.45) is 0 Å². The molecule has 2 rings (SSSR count). The first-order chi connectivity index (χ1) is 10.6. The van der Waals surface area contributed by atoms with Crippen LogP contribution in [0.2, 0.25) is 0 Å². The number of alkyl halides is 1. The number of carbonyl (C=O) groups is 2. The van der Waals surface area contributed by atoms with Crippen LogP contribution in [0.3, 0.4) is 0 Å². The summed E-state index contributed by atoms with van der Waals surface area (Å²) in [5.74, 6) is -0.887. The summed E-state index contributed by atoms with van der Waals surface area (Å²) in [7, 11) is 0. The zero-order valence-corrected chi connectivity index (χ0v) is 16.9. The van der Waals surface area contributed by atoms with Gasteiger partial charge in [0.1, 0.15) is 10.9 Å². The second-order valence-corrected chi connectivity index (χ2v) is 8.11. The Labute approximate surface area is 157 Å². The Hall–Kier alpha value is -0.820. The van der Waals surface area contributed by atoms with Crippen molar-refractivity contribution in [2.75, 3.05) is 17.8 Å². The van der Waals surface area contributed by atoms with E-state index >= 15 is 0 Å². The number of halogens is 2. The molecule has 24 heavy (non-hydrogen) atoms. The average molecular weight is 395 g/mol. The van der Waals surface area contributed by atoms with Gasteiger partial charge in [0.25, 0.3) is 0 Å². The lowest BCUT2D eigenvalue weighted by atomic mass is 9.81. The molecule has 2 N–H and O–H groups in total. The molecule has 0 radical (unpaired) electrons. The number of rotatable bonds is 4. The fourth-order valence-corrected chi connectivity index (χ4v) is 4.54. The van der Waals surface area contributed by atoms with Gasteiger partial charge >= 0.3 is 5.97 Å². The highest BCUT2D eigenvalue weighted by atomic mass is 35.5. The highest BCUT2D eigenvalue weighted by Gasteiger charge is 2.42. The maximum Gasteiger partial charge on any atom is 0.341 e. The van der Waals surface area contributed by atoms with Crippen LogP contribution in [0.25, 0.3) is 0 Å². The summed E-state index contributed by atoms with van der Waals surface area (Å²) >= 11 is 7.00. The summed E-state index contributed by atoms with van der Waals surface area (Å²) < 4.78 is 5.21. The first-order valence-electron chi connectivity index (χ1n) is 7.59. The Bertz CT molecular complexity index is 642. The molecule has 1 aliphatic heterocycles. The molecule has 0 saturated heterocycles. The predicted molar refractivity (Wildman–Crippen MR) is 101 cm³/mol. The van der Waals surface area contributed by atoms with Crippen molar-refractivity contribution < 1.29 is 14.3 Å². The van der Waals surface area contributed by atoms with E-state index in [4.69, 9.17) is 16.3 Å². The molecule has 1 aromatic heterocycles. The monoisotopic (exact) mass is 394 g/mol. The van der Waals surface area contributed by atoms with Crippen LogP contribution in [0, 0.1) is 0 Å². The van der Waals surface area contributed by atoms with Gasteiger partial charge in [-0.05, 0) is 46.6 Å². The Kier molecular flexibility index (Phi) is 6.72. The summed E-state index contributed by atoms with van der Waals surface area (Å²) in [6.45, 7) is 10.4. The number of hydrogen-bond acceptors (Lipinski definition) is 5. The van der Waals surface area contributed by atoms with Gasteiger partial charge < -0.3 is 15.4 Å². The van der Waals surface area contributed by atoms with E-state index < -0.39 is 5.97 Å². The van der Waals surface area contributed by atoms with Crippen molar-refractivity contribution in [3.8, 4) is 0 Å². The van der Waals surface area contributed by atoms with Crippen LogP contribution in [0.4, 0.5) is 5.00 Å². The lowest BCUT2D eigenvalue weighted by Crippen LogP contribution is -2.55. The van der Waals surface area contributed by atoms with Crippen molar-refractivity contribution in [1.29, 1.82) is 0 Å². The minimum atomic E-state index is -0.400. The highest BCUT2D eigenvalue weighted by molar-refractivity contribution is 7.17. The van der Waals surface area contributed by atoms with Crippen molar-refractivity contribution in [3.05, 3.63) is 16.0 Å². The molecular weight excluding hydrogens is 371 g/mol. The second kappa shape index (κ2) is 7.60. The van der Waals surface area contributed by atoms with Gasteiger partial charge in [-0.15, -0.1) is 35.3 Å². The van der Waals surface area contributed by atoms with E-state index in [0.29, 0.717) is 17.0 Å². The van der Waals surface area contributed by atoms with E-state index in [1.807, 2.05) is 0 Å². The molecule has 0 bridgehead atoms. The maximum absolute atomic E-state index is 12.5. The number of ether oxygens (including phenoxy) is 1. The van der Waals surface area contributed by atoms with Crippen LogP contribution in [-0.2, 0) is 21.5 Å². The second-order valence-electron chi connectivity index (χ2n) is 6.83. The minimum absolute atomic E-state index is 0. The minimum Gasteiger partial charge on any atom is -0.462 e. The molecule has 5 nitrogen and oxygen atoms in total. The van der Waals surface area contributed by atoms with E-state index in [1.165, 1.54) is 11.3 Å². The normalized spacial score (nSPS) is 17.4. The average Bonchev–Trinajstić information content (AvgIpc) is 2.75. The molecule has 0 aromatic carbocycles. The van der Waals surface area contributed by atoms with E-state index in [1.54, 1.807) is 6.92 Å². The molecule has 0 spiro atoms. The third kappa shape index (κ3) is 4.23. The molecule has 8 heteroatoms. The molecule has 1 amide bonds. The molecule has 0 saturated carbocycles. The van der Waals surface area contributed by atoms with Gasteiger partial charge in [-0.3, -0.25) is 4.79 Å². The van der Waals surface area contributed by atoms with Crippen LogP contribution in [-0.4, -0.2) is 29.9 Å². The number of hydrogen-bond donors (Lipinski definition) is 2. The van der Waals surface area contributed by atoms with E-state index in [9.17, 15) is 9.59 Å². The number of esters is 1. The molecule has 136 valence electrons. The van der Waals surface area contributed by atoms with Crippen molar-refractivity contribution in [1.82, 2.24) is 5.32 Å². The summed E-state index contributed by atoms with van der Waals surface area (Å²) in [5, 5.41) is 6.85. The smallest absolute Gasteiger partial charge is 0.341 e. The molecule has 1 aromatic rings. The highest BCUT2D eigenvalue weighted by Crippen LogP contribution is 2.45. The van der Waals surface area contributed by atoms with Gasteiger partial charge in [0.05, 0.1) is 12.2 Å². The van der Waals surface area contributed by atoms with Crippen molar-refractivity contribution in [2.45, 2.75) is 52.1 Å². The fourth-order valence-electron chi connectivity index (χ4n) is 3.19. The number of nitrogens with one attached hydrogen (secondary N) is 2. The van der Waals surface area contributed by atoms with Gasteiger partial charge in [-0.25, -0.2) is 4.79 Å². The Morgan fingerprint density at radius 3 is 2.50 bits per heavy atom. The van der Waals surface area contributed by atoms with E-state index in [0.717, 1.165) is 10.4 Å². The SMILES string of the molecule is CCOC(=O)c1c(NC(=O)CCl)sc2c1CC(C)(C)NC2(C)C.Cl. The van der Waals surface area contributed by atoms with Gasteiger partial charge in [-0.2, -0.15) is 0 Å². The predicted octanol–water partition coefficient (Wildman–Crippen LogP) is 3.68. The standard InChI is InChI=1S/C16H23ClN2O3S.ClH/c1-6-22-14(21)11-9-7-15(2,3)19-16(4,5)12(9)23-13(11)18-10(20)8-17;/h19H,6-8H2,1-5H3,(H,18,20);1H.